The lowest BCUT2D eigenvalue weighted by atomic mass is 10.1. The predicted octanol–water partition coefficient (Wildman–Crippen LogP) is 3.17. The van der Waals surface area contributed by atoms with Gasteiger partial charge >= 0.3 is 0 Å². The fraction of sp³-hybridized carbons (Fsp3) is 0.263. The van der Waals surface area contributed by atoms with E-state index in [1.165, 1.54) is 12.4 Å². The molecule has 4 rings (SSSR count). The van der Waals surface area contributed by atoms with E-state index < -0.39 is 11.6 Å². The largest absolute Gasteiger partial charge is 0.441 e. The second-order valence-electron chi connectivity index (χ2n) is 6.27. The summed E-state index contributed by atoms with van der Waals surface area (Å²) in [5.74, 6) is -0.151. The number of halogens is 2. The number of aryl methyl sites for hydroxylation is 1. The summed E-state index contributed by atoms with van der Waals surface area (Å²) in [5, 5.41) is 0. The first-order valence-corrected chi connectivity index (χ1v) is 8.58. The van der Waals surface area contributed by atoms with Crippen LogP contribution in [0.25, 0.3) is 11.5 Å². The molecular weight excluding hydrogens is 354 g/mol. The van der Waals surface area contributed by atoms with Gasteiger partial charge in [0.05, 0.1) is 12.1 Å². The minimum Gasteiger partial charge on any atom is -0.441 e. The molecule has 27 heavy (non-hydrogen) atoms. The number of hydrogen-bond donors (Lipinski definition) is 0. The Morgan fingerprint density at radius 1 is 1.19 bits per heavy atom. The molecule has 1 aliphatic heterocycles. The van der Waals surface area contributed by atoms with Crippen LogP contribution in [0, 0.1) is 11.6 Å². The monoisotopic (exact) mass is 370 g/mol. The molecule has 1 aromatic carbocycles. The highest BCUT2D eigenvalue weighted by molar-refractivity contribution is 5.93. The van der Waals surface area contributed by atoms with Gasteiger partial charge in [-0.2, -0.15) is 0 Å². The maximum absolute atomic E-state index is 13.4. The van der Waals surface area contributed by atoms with E-state index in [9.17, 15) is 13.6 Å². The first-order valence-electron chi connectivity index (χ1n) is 8.58. The van der Waals surface area contributed by atoms with E-state index in [0.717, 1.165) is 18.2 Å². The number of fused-ring (bicyclic) bond motifs is 1. The zero-order valence-electron chi connectivity index (χ0n) is 14.6. The second-order valence-corrected chi connectivity index (χ2v) is 6.27. The van der Waals surface area contributed by atoms with Crippen molar-refractivity contribution in [2.75, 3.05) is 6.54 Å². The number of aromatic nitrogens is 3. The van der Waals surface area contributed by atoms with Gasteiger partial charge < -0.3 is 9.32 Å². The Bertz CT molecular complexity index is 981. The summed E-state index contributed by atoms with van der Waals surface area (Å²) < 4.78 is 32.5. The normalized spacial score (nSPS) is 13.5. The van der Waals surface area contributed by atoms with Crippen molar-refractivity contribution in [1.82, 2.24) is 19.9 Å². The van der Waals surface area contributed by atoms with Crippen molar-refractivity contribution in [2.45, 2.75) is 26.3 Å². The van der Waals surface area contributed by atoms with Gasteiger partial charge in [0, 0.05) is 43.4 Å². The molecular formula is C19H16F2N4O2. The summed E-state index contributed by atoms with van der Waals surface area (Å²) >= 11 is 0. The lowest BCUT2D eigenvalue weighted by molar-refractivity contribution is 0.0727. The van der Waals surface area contributed by atoms with Crippen LogP contribution in [-0.4, -0.2) is 32.3 Å². The molecule has 0 aliphatic carbocycles. The number of carbonyl (C=O) groups is 1. The maximum Gasteiger partial charge on any atom is 0.257 e. The van der Waals surface area contributed by atoms with Crippen LogP contribution in [0.3, 0.4) is 0 Å². The number of carbonyl (C=O) groups excluding carboxylic acids is 1. The number of rotatable bonds is 3. The topological polar surface area (TPSA) is 72.1 Å². The van der Waals surface area contributed by atoms with Gasteiger partial charge in [0.2, 0.25) is 5.89 Å². The van der Waals surface area contributed by atoms with Gasteiger partial charge in [0.1, 0.15) is 28.9 Å². The van der Waals surface area contributed by atoms with E-state index in [0.29, 0.717) is 42.2 Å². The molecule has 0 saturated carbocycles. The van der Waals surface area contributed by atoms with Crippen LogP contribution < -0.4 is 0 Å². The Morgan fingerprint density at radius 2 is 1.89 bits per heavy atom. The highest BCUT2D eigenvalue weighted by Gasteiger charge is 2.27. The molecule has 2 aromatic heterocycles. The molecule has 3 aromatic rings. The second kappa shape index (κ2) is 6.86. The average Bonchev–Trinajstić information content (AvgIpc) is 3.10. The standard InChI is InChI=1S/C19H16F2N4O2/c1-2-17-22-8-12(9-23-17)19(26)25-4-3-16-15(10-25)24-18(27-16)11-5-13(20)7-14(21)6-11/h5-9H,2-4,10H2,1H3. The summed E-state index contributed by atoms with van der Waals surface area (Å²) in [6, 6.07) is 3.12. The number of nitrogens with zero attached hydrogens (tertiary/aromatic N) is 4. The van der Waals surface area contributed by atoms with Gasteiger partial charge in [0.25, 0.3) is 5.91 Å². The average molecular weight is 370 g/mol. The fourth-order valence-electron chi connectivity index (χ4n) is 3.00. The molecule has 3 heterocycles. The van der Waals surface area contributed by atoms with Crippen molar-refractivity contribution in [3.8, 4) is 11.5 Å². The smallest absolute Gasteiger partial charge is 0.257 e. The molecule has 1 aliphatic rings. The van der Waals surface area contributed by atoms with Crippen LogP contribution >= 0.6 is 0 Å². The number of amides is 1. The third kappa shape index (κ3) is 3.42. The zero-order chi connectivity index (χ0) is 19.0. The van der Waals surface area contributed by atoms with Gasteiger partial charge in [-0.05, 0) is 12.1 Å². The van der Waals surface area contributed by atoms with Gasteiger partial charge in [-0.15, -0.1) is 0 Å². The van der Waals surface area contributed by atoms with Crippen molar-refractivity contribution in [3.05, 3.63) is 65.1 Å². The predicted molar refractivity (Wildman–Crippen MR) is 91.7 cm³/mol. The lowest BCUT2D eigenvalue weighted by Crippen LogP contribution is -2.36. The van der Waals surface area contributed by atoms with Gasteiger partial charge in [-0.1, -0.05) is 6.92 Å². The first-order chi connectivity index (χ1) is 13.0. The quantitative estimate of drug-likeness (QED) is 0.708. The highest BCUT2D eigenvalue weighted by Crippen LogP contribution is 2.27. The Kier molecular flexibility index (Phi) is 4.39. The van der Waals surface area contributed by atoms with E-state index in [-0.39, 0.29) is 23.9 Å². The molecule has 0 N–H and O–H groups in total. The number of benzene rings is 1. The summed E-state index contributed by atoms with van der Waals surface area (Å²) in [6.07, 6.45) is 4.21. The van der Waals surface area contributed by atoms with Gasteiger partial charge in [0.15, 0.2) is 0 Å². The minimum atomic E-state index is -0.700. The summed E-state index contributed by atoms with van der Waals surface area (Å²) in [6.45, 7) is 2.65. The SMILES string of the molecule is CCc1ncc(C(=O)N2CCc3oc(-c4cc(F)cc(F)c4)nc3C2)cn1. The third-order valence-corrected chi connectivity index (χ3v) is 4.39. The van der Waals surface area contributed by atoms with Crippen LogP contribution in [0.2, 0.25) is 0 Å². The maximum atomic E-state index is 13.4. The summed E-state index contributed by atoms with van der Waals surface area (Å²) in [5.41, 5.74) is 1.22. The third-order valence-electron chi connectivity index (χ3n) is 4.39. The van der Waals surface area contributed by atoms with Crippen molar-refractivity contribution in [2.24, 2.45) is 0 Å². The Balaban J connectivity index is 1.56. The van der Waals surface area contributed by atoms with E-state index in [4.69, 9.17) is 4.42 Å². The molecule has 0 saturated heterocycles. The molecule has 8 heteroatoms. The van der Waals surface area contributed by atoms with Crippen molar-refractivity contribution in [1.29, 1.82) is 0 Å². The Labute approximate surface area is 153 Å². The molecule has 0 radical (unpaired) electrons. The molecule has 1 amide bonds. The fourth-order valence-corrected chi connectivity index (χ4v) is 3.00. The summed E-state index contributed by atoms with van der Waals surface area (Å²) in [7, 11) is 0. The van der Waals surface area contributed by atoms with Crippen LogP contribution in [0.4, 0.5) is 8.78 Å². The van der Waals surface area contributed by atoms with Gasteiger partial charge in [-0.3, -0.25) is 4.79 Å². The zero-order valence-corrected chi connectivity index (χ0v) is 14.6. The van der Waals surface area contributed by atoms with Crippen LogP contribution in [0.15, 0.2) is 35.0 Å². The highest BCUT2D eigenvalue weighted by atomic mass is 19.1. The van der Waals surface area contributed by atoms with E-state index in [2.05, 4.69) is 15.0 Å². The van der Waals surface area contributed by atoms with Crippen LogP contribution in [0.1, 0.15) is 34.6 Å². The molecule has 138 valence electrons. The minimum absolute atomic E-state index is 0.142. The lowest BCUT2D eigenvalue weighted by Gasteiger charge is -2.25. The van der Waals surface area contributed by atoms with Crippen molar-refractivity contribution < 1.29 is 18.0 Å². The van der Waals surface area contributed by atoms with Gasteiger partial charge in [-0.25, -0.2) is 23.7 Å². The first kappa shape index (κ1) is 17.3. The van der Waals surface area contributed by atoms with Crippen molar-refractivity contribution in [3.63, 3.8) is 0 Å². The van der Waals surface area contributed by atoms with E-state index in [1.807, 2.05) is 6.92 Å². The molecule has 0 spiro atoms. The molecule has 0 unspecified atom stereocenters. The molecule has 0 fully saturated rings. The van der Waals surface area contributed by atoms with E-state index >= 15 is 0 Å². The Morgan fingerprint density at radius 3 is 2.56 bits per heavy atom. The van der Waals surface area contributed by atoms with Crippen molar-refractivity contribution >= 4 is 5.91 Å². The van der Waals surface area contributed by atoms with Crippen LogP contribution in [0.5, 0.6) is 0 Å². The molecule has 0 bridgehead atoms. The summed E-state index contributed by atoms with van der Waals surface area (Å²) in [4.78, 5) is 26.9. The molecule has 0 atom stereocenters. The van der Waals surface area contributed by atoms with E-state index in [1.54, 1.807) is 4.90 Å². The Hall–Kier alpha value is -3.16. The number of hydrogen-bond acceptors (Lipinski definition) is 5. The number of oxazole rings is 1. The van der Waals surface area contributed by atoms with Crippen LogP contribution in [-0.2, 0) is 19.4 Å². The molecule has 6 nitrogen and oxygen atoms in total.